The fourth-order valence-corrected chi connectivity index (χ4v) is 7.15. The van der Waals surface area contributed by atoms with E-state index in [1.807, 2.05) is 23.1 Å². The number of rotatable bonds is 9. The first-order valence-corrected chi connectivity index (χ1v) is 14.8. The maximum Gasteiger partial charge on any atom is 0.289 e. The van der Waals surface area contributed by atoms with E-state index in [1.165, 1.54) is 12.4 Å². The third kappa shape index (κ3) is 5.36. The van der Waals surface area contributed by atoms with E-state index in [0.29, 0.717) is 40.5 Å². The van der Waals surface area contributed by atoms with Gasteiger partial charge in [0, 0.05) is 61.5 Å². The van der Waals surface area contributed by atoms with Crippen LogP contribution >= 0.6 is 23.1 Å². The summed E-state index contributed by atoms with van der Waals surface area (Å²) < 4.78 is 26.9. The summed E-state index contributed by atoms with van der Waals surface area (Å²) in [5.74, 6) is -1.58. The van der Waals surface area contributed by atoms with Gasteiger partial charge in [0.1, 0.15) is 13.1 Å². The summed E-state index contributed by atoms with van der Waals surface area (Å²) in [7, 11) is 0. The van der Waals surface area contributed by atoms with E-state index in [9.17, 15) is 13.6 Å². The predicted molar refractivity (Wildman–Crippen MR) is 148 cm³/mol. The van der Waals surface area contributed by atoms with E-state index in [4.69, 9.17) is 4.98 Å². The van der Waals surface area contributed by atoms with Gasteiger partial charge in [0.15, 0.2) is 0 Å². The molecule has 3 aliphatic rings. The molecule has 0 aliphatic carbocycles. The number of alkyl halides is 2. The van der Waals surface area contributed by atoms with Crippen LogP contribution in [0.1, 0.15) is 30.1 Å². The normalized spacial score (nSPS) is 20.5. The number of hydrogen-bond acceptors (Lipinski definition) is 8. The van der Waals surface area contributed by atoms with Gasteiger partial charge in [-0.2, -0.15) is 13.8 Å². The van der Waals surface area contributed by atoms with Gasteiger partial charge < -0.3 is 15.5 Å². The van der Waals surface area contributed by atoms with Crippen LogP contribution in [0.5, 0.6) is 0 Å². The molecular formula is C26H32F2N7OS2+. The number of carbonyl (C=O) groups is 1. The summed E-state index contributed by atoms with van der Waals surface area (Å²) in [6, 6.07) is 5.93. The summed E-state index contributed by atoms with van der Waals surface area (Å²) in [5.41, 5.74) is 2.12. The van der Waals surface area contributed by atoms with Crippen LogP contribution in [-0.2, 0) is 0 Å². The maximum absolute atomic E-state index is 13.2. The molecule has 0 bridgehead atoms. The Hall–Kier alpha value is -2.41. The zero-order chi connectivity index (χ0) is 26.3. The maximum atomic E-state index is 13.2. The number of anilines is 1. The Labute approximate surface area is 228 Å². The highest BCUT2D eigenvalue weighted by atomic mass is 32.2. The van der Waals surface area contributed by atoms with E-state index in [-0.39, 0.29) is 5.91 Å². The number of likely N-dealkylation sites (tertiary alicyclic amines) is 1. The number of amides is 1. The zero-order valence-corrected chi connectivity index (χ0v) is 23.0. The Balaban J connectivity index is 1.07. The van der Waals surface area contributed by atoms with Crippen LogP contribution in [0, 0.1) is 11.3 Å². The number of benzene rings is 1. The van der Waals surface area contributed by atoms with E-state index in [2.05, 4.69) is 27.5 Å². The predicted octanol–water partition coefficient (Wildman–Crippen LogP) is 4.30. The third-order valence-electron chi connectivity index (χ3n) is 8.03. The number of nitrogens with one attached hydrogen (secondary N) is 2. The lowest BCUT2D eigenvalue weighted by atomic mass is 9.73. The molecule has 12 heteroatoms. The Morgan fingerprint density at radius 2 is 1.97 bits per heavy atom. The second kappa shape index (κ2) is 10.3. The van der Waals surface area contributed by atoms with Crippen LogP contribution in [0.4, 0.5) is 19.9 Å². The SMILES string of the molecule is C[C@@H](CNc1ncc(SC(F)F)cn1)C[N+]1(c2nc3ccc(C(=O)N4CCC5(CC4)CNC5)cc3s2)CC1. The molecule has 1 amide bonds. The van der Waals surface area contributed by atoms with Gasteiger partial charge in [0.2, 0.25) is 5.95 Å². The minimum absolute atomic E-state index is 0.127. The molecule has 6 rings (SSSR count). The second-order valence-electron chi connectivity index (χ2n) is 11.0. The van der Waals surface area contributed by atoms with Crippen molar-refractivity contribution < 1.29 is 13.6 Å². The Morgan fingerprint density at radius 1 is 1.24 bits per heavy atom. The van der Waals surface area contributed by atoms with Crippen LogP contribution in [0.2, 0.25) is 0 Å². The molecule has 0 saturated carbocycles. The summed E-state index contributed by atoms with van der Waals surface area (Å²) in [5, 5.41) is 7.70. The van der Waals surface area contributed by atoms with Crippen molar-refractivity contribution in [3.05, 3.63) is 36.2 Å². The van der Waals surface area contributed by atoms with Crippen molar-refractivity contribution in [1.82, 2.24) is 29.7 Å². The van der Waals surface area contributed by atoms with Crippen LogP contribution in [0.15, 0.2) is 35.5 Å². The Bertz CT molecular complexity index is 1300. The van der Waals surface area contributed by atoms with Gasteiger partial charge in [-0.1, -0.05) is 30.0 Å². The molecule has 8 nitrogen and oxygen atoms in total. The lowest BCUT2D eigenvalue weighted by Crippen LogP contribution is -2.58. The number of thioether (sulfide) groups is 1. The molecule has 3 fully saturated rings. The monoisotopic (exact) mass is 560 g/mol. The summed E-state index contributed by atoms with van der Waals surface area (Å²) in [4.78, 5) is 28.8. The van der Waals surface area contributed by atoms with Crippen molar-refractivity contribution in [3.63, 3.8) is 0 Å². The van der Waals surface area contributed by atoms with Crippen LogP contribution in [-0.4, -0.2) is 83.9 Å². The van der Waals surface area contributed by atoms with Gasteiger partial charge in [0.25, 0.3) is 16.8 Å². The van der Waals surface area contributed by atoms with Gasteiger partial charge in [-0.15, -0.1) is 0 Å². The highest BCUT2D eigenvalue weighted by Crippen LogP contribution is 2.40. The largest absolute Gasteiger partial charge is 0.354 e. The second-order valence-corrected chi connectivity index (χ2v) is 13.0. The quantitative estimate of drug-likeness (QED) is 0.230. The number of hydrogen-bond donors (Lipinski definition) is 2. The minimum Gasteiger partial charge on any atom is -0.354 e. The van der Waals surface area contributed by atoms with Crippen molar-refractivity contribution in [2.24, 2.45) is 11.3 Å². The molecule has 2 N–H and O–H groups in total. The molecule has 0 radical (unpaired) electrons. The van der Waals surface area contributed by atoms with Gasteiger partial charge in [-0.25, -0.2) is 9.97 Å². The Kier molecular flexibility index (Phi) is 7.00. The first-order valence-electron chi connectivity index (χ1n) is 13.1. The van der Waals surface area contributed by atoms with E-state index in [0.717, 1.165) is 84.0 Å². The number of thiazole rings is 1. The van der Waals surface area contributed by atoms with Crippen LogP contribution in [0.25, 0.3) is 10.2 Å². The molecule has 0 unspecified atom stereocenters. The standard InChI is InChI=1S/C26H32F2N7OS2/c1-17(11-30-24-31-12-19(13-32-24)37-23(27)28)14-35(8-9-35)25-33-20-3-2-18(10-21(20)38-25)22(36)34-6-4-26(5-7-34)15-29-16-26/h2-3,10,12-13,17,23,29H,4-9,11,14-16H2,1H3,(H,30,31,32)/q+1/t17-/m0/s1. The number of carbonyl (C=O) groups excluding carboxylic acids is 1. The van der Waals surface area contributed by atoms with Gasteiger partial charge in [-0.05, 0) is 36.5 Å². The zero-order valence-electron chi connectivity index (χ0n) is 21.3. The van der Waals surface area contributed by atoms with Crippen LogP contribution < -0.4 is 15.1 Å². The summed E-state index contributed by atoms with van der Waals surface area (Å²) in [6.45, 7) is 9.74. The van der Waals surface area contributed by atoms with Crippen molar-refractivity contribution in [3.8, 4) is 0 Å². The van der Waals surface area contributed by atoms with Crippen molar-refractivity contribution in [2.45, 2.75) is 30.4 Å². The summed E-state index contributed by atoms with van der Waals surface area (Å²) >= 11 is 2.14. The third-order valence-corrected chi connectivity index (χ3v) is 9.90. The molecular weight excluding hydrogens is 528 g/mol. The molecule has 1 atom stereocenters. The average molecular weight is 561 g/mol. The number of piperidine rings is 1. The van der Waals surface area contributed by atoms with Gasteiger partial charge in [-0.3, -0.25) is 9.28 Å². The molecule has 3 aliphatic heterocycles. The van der Waals surface area contributed by atoms with Gasteiger partial charge in [0.05, 0.1) is 16.8 Å². The molecule has 38 heavy (non-hydrogen) atoms. The topological polar surface area (TPSA) is 83.0 Å². The number of halogens is 2. The fourth-order valence-electron chi connectivity index (χ4n) is 5.52. The van der Waals surface area contributed by atoms with Crippen molar-refractivity contribution in [1.29, 1.82) is 0 Å². The van der Waals surface area contributed by atoms with E-state index in [1.54, 1.807) is 11.3 Å². The molecule has 1 aromatic carbocycles. The van der Waals surface area contributed by atoms with E-state index >= 15 is 0 Å². The number of fused-ring (bicyclic) bond motifs is 1. The van der Waals surface area contributed by atoms with Crippen LogP contribution in [0.3, 0.4) is 0 Å². The first-order chi connectivity index (χ1) is 18.3. The number of nitrogens with zero attached hydrogens (tertiary/aromatic N) is 5. The van der Waals surface area contributed by atoms with E-state index < -0.39 is 5.76 Å². The fraction of sp³-hybridized carbons (Fsp3) is 0.538. The lowest BCUT2D eigenvalue weighted by Gasteiger charge is -2.48. The molecule has 202 valence electrons. The average Bonchev–Trinajstić information content (AvgIpc) is 3.54. The molecule has 5 heterocycles. The molecule has 2 aromatic heterocycles. The van der Waals surface area contributed by atoms with Gasteiger partial charge >= 0.3 is 0 Å². The molecule has 1 spiro atoms. The lowest BCUT2D eigenvalue weighted by molar-refractivity contribution is 0.0415. The summed E-state index contributed by atoms with van der Waals surface area (Å²) in [6.07, 6.45) is 5.01. The Morgan fingerprint density at radius 3 is 2.61 bits per heavy atom. The van der Waals surface area contributed by atoms with Crippen molar-refractivity contribution in [2.75, 3.05) is 57.7 Å². The molecule has 3 aromatic rings. The number of aromatic nitrogens is 3. The molecule has 3 saturated heterocycles. The van der Waals surface area contributed by atoms with Crippen molar-refractivity contribution >= 4 is 50.3 Å². The highest BCUT2D eigenvalue weighted by Gasteiger charge is 2.48. The smallest absolute Gasteiger partial charge is 0.289 e. The number of quaternary nitrogens is 1. The highest BCUT2D eigenvalue weighted by molar-refractivity contribution is 7.99. The first kappa shape index (κ1) is 25.8. The minimum atomic E-state index is -2.48.